The first-order chi connectivity index (χ1) is 8.43. The molecule has 1 heteroatoms. The van der Waals surface area contributed by atoms with Crippen LogP contribution < -0.4 is 4.99 Å². The number of benzene rings is 2. The van der Waals surface area contributed by atoms with E-state index in [1.807, 2.05) is 12.1 Å². The molecule has 17 heavy (non-hydrogen) atoms. The van der Waals surface area contributed by atoms with E-state index in [-0.39, 0.29) is 0 Å². The summed E-state index contributed by atoms with van der Waals surface area (Å²) >= 11 is 0. The quantitative estimate of drug-likeness (QED) is 0.794. The van der Waals surface area contributed by atoms with Crippen LogP contribution in [0.5, 0.6) is 0 Å². The molecule has 0 aliphatic carbocycles. The lowest BCUT2D eigenvalue weighted by molar-refractivity contribution is -0.489. The third-order valence-electron chi connectivity index (χ3n) is 3.01. The molecule has 1 atom stereocenters. The van der Waals surface area contributed by atoms with Gasteiger partial charge in [0.1, 0.15) is 0 Å². The Morgan fingerprint density at radius 1 is 0.765 bits per heavy atom. The van der Waals surface area contributed by atoms with Crippen molar-refractivity contribution in [1.82, 2.24) is 0 Å². The van der Waals surface area contributed by atoms with Crippen molar-refractivity contribution in [3.63, 3.8) is 0 Å². The van der Waals surface area contributed by atoms with E-state index in [0.717, 1.165) is 0 Å². The number of rotatable bonds is 2. The lowest BCUT2D eigenvalue weighted by Crippen LogP contribution is -2.71. The van der Waals surface area contributed by atoms with E-state index < -0.39 is 0 Å². The summed E-state index contributed by atoms with van der Waals surface area (Å²) in [6.45, 7) is 0. The van der Waals surface area contributed by atoms with Gasteiger partial charge in [-0.2, -0.15) is 0 Å². The van der Waals surface area contributed by atoms with E-state index in [4.69, 9.17) is 0 Å². The summed E-state index contributed by atoms with van der Waals surface area (Å²) in [7, 11) is 0. The molecule has 0 aromatic heterocycles. The number of allylic oxidation sites excluding steroid dienone is 1. The monoisotopic (exact) mass is 220 g/mol. The van der Waals surface area contributed by atoms with Crippen molar-refractivity contribution in [2.75, 3.05) is 0 Å². The second-order valence-electron chi connectivity index (χ2n) is 4.17. The zero-order valence-corrected chi connectivity index (χ0v) is 9.51. The van der Waals surface area contributed by atoms with Crippen LogP contribution in [0.2, 0.25) is 0 Å². The van der Waals surface area contributed by atoms with Crippen molar-refractivity contribution in [3.8, 4) is 0 Å². The summed E-state index contributed by atoms with van der Waals surface area (Å²) in [5.74, 6) is 0. The normalized spacial score (nSPS) is 18.1. The van der Waals surface area contributed by atoms with Crippen molar-refractivity contribution >= 4 is 5.71 Å². The molecule has 1 heterocycles. The van der Waals surface area contributed by atoms with Crippen LogP contribution in [0, 0.1) is 0 Å². The van der Waals surface area contributed by atoms with E-state index in [1.54, 1.807) is 0 Å². The SMILES string of the molecule is C1=CC(c2ccccc2)[NH+]=C1c1ccccc1. The fraction of sp³-hybridized carbons (Fsp3) is 0.0625. The molecular formula is C16H14N+. The van der Waals surface area contributed by atoms with E-state index in [9.17, 15) is 0 Å². The minimum atomic E-state index is 0.298. The highest BCUT2D eigenvalue weighted by atomic mass is 14.8. The van der Waals surface area contributed by atoms with Crippen molar-refractivity contribution in [1.29, 1.82) is 0 Å². The predicted molar refractivity (Wildman–Crippen MR) is 69.8 cm³/mol. The van der Waals surface area contributed by atoms with Crippen LogP contribution in [0.4, 0.5) is 0 Å². The van der Waals surface area contributed by atoms with Crippen LogP contribution in [-0.2, 0) is 0 Å². The summed E-state index contributed by atoms with van der Waals surface area (Å²) in [6, 6.07) is 21.2. The molecule has 0 radical (unpaired) electrons. The molecule has 0 fully saturated rings. The number of hydrogen-bond donors (Lipinski definition) is 1. The molecule has 1 aliphatic heterocycles. The Hall–Kier alpha value is -2.15. The first-order valence-electron chi connectivity index (χ1n) is 5.85. The Labute approximate surface area is 101 Å². The molecule has 3 rings (SSSR count). The molecule has 82 valence electrons. The Bertz CT molecular complexity index is 553. The van der Waals surface area contributed by atoms with Crippen molar-refractivity contribution in [2.45, 2.75) is 6.04 Å². The first kappa shape index (κ1) is 10.0. The molecule has 2 aromatic carbocycles. The molecule has 2 aromatic rings. The summed E-state index contributed by atoms with van der Waals surface area (Å²) < 4.78 is 0. The van der Waals surface area contributed by atoms with Gasteiger partial charge in [0.25, 0.3) is 0 Å². The summed E-state index contributed by atoms with van der Waals surface area (Å²) in [5, 5.41) is 0. The van der Waals surface area contributed by atoms with Gasteiger partial charge in [-0.3, -0.25) is 0 Å². The topological polar surface area (TPSA) is 14.0 Å². The Morgan fingerprint density at radius 2 is 1.41 bits per heavy atom. The largest absolute Gasteiger partial charge is 0.231 e. The highest BCUT2D eigenvalue weighted by Crippen LogP contribution is 2.12. The van der Waals surface area contributed by atoms with Gasteiger partial charge in [0, 0.05) is 17.2 Å². The van der Waals surface area contributed by atoms with Crippen LogP contribution in [-0.4, -0.2) is 5.71 Å². The maximum atomic E-state index is 3.53. The Kier molecular flexibility index (Phi) is 2.59. The second-order valence-corrected chi connectivity index (χ2v) is 4.17. The van der Waals surface area contributed by atoms with Gasteiger partial charge in [-0.05, 0) is 18.2 Å². The fourth-order valence-corrected chi connectivity index (χ4v) is 2.11. The summed E-state index contributed by atoms with van der Waals surface area (Å²) in [4.78, 5) is 3.53. The van der Waals surface area contributed by atoms with E-state index in [1.165, 1.54) is 16.8 Å². The van der Waals surface area contributed by atoms with Gasteiger partial charge in [0.15, 0.2) is 6.04 Å². The number of nitrogens with one attached hydrogen (secondary N) is 1. The zero-order valence-electron chi connectivity index (χ0n) is 9.51. The smallest absolute Gasteiger partial charge is 0.206 e. The minimum Gasteiger partial charge on any atom is -0.231 e. The maximum Gasteiger partial charge on any atom is 0.206 e. The summed E-state index contributed by atoms with van der Waals surface area (Å²) in [6.07, 6.45) is 4.37. The fourth-order valence-electron chi connectivity index (χ4n) is 2.11. The maximum absolute atomic E-state index is 3.53. The standard InChI is InChI=1S/C16H13N/c1-3-7-13(8-4-1)15-11-12-16(17-15)14-9-5-2-6-10-14/h1-12,15H/p+1. The van der Waals surface area contributed by atoms with Gasteiger partial charge in [-0.25, -0.2) is 4.99 Å². The molecule has 1 N–H and O–H groups in total. The molecule has 1 aliphatic rings. The third kappa shape index (κ3) is 2.04. The predicted octanol–water partition coefficient (Wildman–Crippen LogP) is 1.87. The molecule has 0 saturated carbocycles. The van der Waals surface area contributed by atoms with Gasteiger partial charge in [-0.15, -0.1) is 0 Å². The highest BCUT2D eigenvalue weighted by Gasteiger charge is 2.20. The molecular weight excluding hydrogens is 206 g/mol. The van der Waals surface area contributed by atoms with Crippen LogP contribution >= 0.6 is 0 Å². The van der Waals surface area contributed by atoms with Crippen LogP contribution in [0.25, 0.3) is 0 Å². The molecule has 0 bridgehead atoms. The lowest BCUT2D eigenvalue weighted by atomic mass is 10.1. The third-order valence-corrected chi connectivity index (χ3v) is 3.01. The molecule has 1 nitrogen and oxygen atoms in total. The molecule has 0 spiro atoms. The zero-order chi connectivity index (χ0) is 11.5. The average molecular weight is 220 g/mol. The second kappa shape index (κ2) is 4.38. The first-order valence-corrected chi connectivity index (χ1v) is 5.85. The number of hydrogen-bond acceptors (Lipinski definition) is 0. The minimum absolute atomic E-state index is 0.298. The van der Waals surface area contributed by atoms with Gasteiger partial charge in [-0.1, -0.05) is 48.5 Å². The van der Waals surface area contributed by atoms with Gasteiger partial charge >= 0.3 is 0 Å². The molecule has 0 saturated heterocycles. The van der Waals surface area contributed by atoms with Gasteiger partial charge in [0.05, 0.1) is 0 Å². The van der Waals surface area contributed by atoms with E-state index >= 15 is 0 Å². The van der Waals surface area contributed by atoms with E-state index in [0.29, 0.717) is 6.04 Å². The van der Waals surface area contributed by atoms with E-state index in [2.05, 4.69) is 65.7 Å². The Morgan fingerprint density at radius 3 is 2.12 bits per heavy atom. The highest BCUT2D eigenvalue weighted by molar-refractivity contribution is 6.05. The van der Waals surface area contributed by atoms with Gasteiger partial charge in [0.2, 0.25) is 5.71 Å². The average Bonchev–Trinajstić information content (AvgIpc) is 2.90. The van der Waals surface area contributed by atoms with Crippen LogP contribution in [0.15, 0.2) is 72.8 Å². The summed E-state index contributed by atoms with van der Waals surface area (Å²) in [5.41, 5.74) is 3.73. The van der Waals surface area contributed by atoms with Crippen LogP contribution in [0.1, 0.15) is 17.2 Å². The Balaban J connectivity index is 1.91. The lowest BCUT2D eigenvalue weighted by Gasteiger charge is -1.99. The molecule has 1 unspecified atom stereocenters. The van der Waals surface area contributed by atoms with Crippen molar-refractivity contribution in [2.24, 2.45) is 0 Å². The van der Waals surface area contributed by atoms with Crippen molar-refractivity contribution < 1.29 is 4.99 Å². The van der Waals surface area contributed by atoms with Crippen LogP contribution in [0.3, 0.4) is 0 Å². The van der Waals surface area contributed by atoms with Crippen molar-refractivity contribution in [3.05, 3.63) is 83.9 Å². The van der Waals surface area contributed by atoms with Gasteiger partial charge < -0.3 is 0 Å². The molecule has 0 amide bonds.